The first-order chi connectivity index (χ1) is 14.9. The Morgan fingerprint density at radius 2 is 1.90 bits per heavy atom. The van der Waals surface area contributed by atoms with Gasteiger partial charge in [-0.25, -0.2) is 14.8 Å². The molecular formula is C21H22ClN5O3S. The molecule has 0 bridgehead atoms. The van der Waals surface area contributed by atoms with Gasteiger partial charge in [0.1, 0.15) is 18.2 Å². The number of nitrogens with zero attached hydrogens (tertiary/aromatic N) is 4. The summed E-state index contributed by atoms with van der Waals surface area (Å²) in [5.74, 6) is 0.661. The summed E-state index contributed by atoms with van der Waals surface area (Å²) in [5, 5.41) is 12.2. The summed E-state index contributed by atoms with van der Waals surface area (Å²) < 4.78 is 1.05. The van der Waals surface area contributed by atoms with Crippen LogP contribution in [0.3, 0.4) is 0 Å². The molecule has 1 aliphatic rings. The number of amides is 2. The number of carbonyl (C=O) groups excluding carboxylic acids is 1. The Kier molecular flexibility index (Phi) is 6.24. The van der Waals surface area contributed by atoms with Gasteiger partial charge in [-0.1, -0.05) is 23.7 Å². The van der Waals surface area contributed by atoms with Gasteiger partial charge in [-0.3, -0.25) is 4.79 Å². The van der Waals surface area contributed by atoms with E-state index >= 15 is 0 Å². The predicted molar refractivity (Wildman–Crippen MR) is 121 cm³/mol. The fraction of sp³-hybridized carbons (Fsp3) is 0.333. The monoisotopic (exact) mass is 459 g/mol. The van der Waals surface area contributed by atoms with Crippen LogP contribution in [-0.4, -0.2) is 64.2 Å². The molecule has 1 unspecified atom stereocenters. The van der Waals surface area contributed by atoms with Gasteiger partial charge in [-0.05, 0) is 30.7 Å². The number of rotatable bonds is 5. The summed E-state index contributed by atoms with van der Waals surface area (Å²) in [7, 11) is 0. The number of aromatic nitrogens is 2. The molecule has 1 fully saturated rings. The average Bonchev–Trinajstić information content (AvgIpc) is 3.14. The van der Waals surface area contributed by atoms with Gasteiger partial charge in [0.25, 0.3) is 0 Å². The number of piperazine rings is 1. The van der Waals surface area contributed by atoms with E-state index in [1.165, 1.54) is 4.88 Å². The molecule has 4 rings (SSSR count). The first-order valence-corrected chi connectivity index (χ1v) is 11.1. The molecule has 31 heavy (non-hydrogen) atoms. The number of carbonyl (C=O) groups is 2. The van der Waals surface area contributed by atoms with Crippen molar-refractivity contribution in [2.24, 2.45) is 0 Å². The Balaban J connectivity index is 1.44. The molecule has 0 saturated carbocycles. The SMILES string of the molecule is Cc1cc2ncnc(N3CCN(C(=O)C(Cc4ccc(Cl)cc4)NC(=O)O)CC3)c2s1. The standard InChI is InChI=1S/C21H22ClN5O3S/c1-13-10-16-18(31-13)19(24-12-23-16)26-6-8-27(9-7-26)20(28)17(25-21(29)30)11-14-2-4-15(22)5-3-14/h2-5,10,12,17,25H,6-9,11H2,1H3,(H,29,30). The second-order valence-electron chi connectivity index (χ2n) is 7.41. The largest absolute Gasteiger partial charge is 0.465 e. The van der Waals surface area contributed by atoms with Crippen molar-refractivity contribution in [1.82, 2.24) is 20.2 Å². The minimum atomic E-state index is -1.22. The molecule has 3 aromatic rings. The Morgan fingerprint density at radius 1 is 1.19 bits per heavy atom. The molecule has 3 heterocycles. The molecular weight excluding hydrogens is 438 g/mol. The second kappa shape index (κ2) is 9.07. The molecule has 2 aromatic heterocycles. The van der Waals surface area contributed by atoms with Crippen LogP contribution in [0.1, 0.15) is 10.4 Å². The summed E-state index contributed by atoms with van der Waals surface area (Å²) in [6.45, 7) is 4.27. The van der Waals surface area contributed by atoms with E-state index in [0.29, 0.717) is 31.2 Å². The van der Waals surface area contributed by atoms with E-state index in [-0.39, 0.29) is 12.3 Å². The zero-order chi connectivity index (χ0) is 22.0. The number of halogens is 1. The third-order valence-corrected chi connectivity index (χ3v) is 6.54. The van der Waals surface area contributed by atoms with Gasteiger partial charge in [0.2, 0.25) is 5.91 Å². The van der Waals surface area contributed by atoms with Crippen LogP contribution >= 0.6 is 22.9 Å². The summed E-state index contributed by atoms with van der Waals surface area (Å²) in [5.41, 5.74) is 1.77. The van der Waals surface area contributed by atoms with Gasteiger partial charge in [0.15, 0.2) is 0 Å². The molecule has 0 radical (unpaired) electrons. The number of hydrogen-bond acceptors (Lipinski definition) is 6. The van der Waals surface area contributed by atoms with Crippen LogP contribution in [0.15, 0.2) is 36.7 Å². The van der Waals surface area contributed by atoms with E-state index in [0.717, 1.165) is 21.6 Å². The van der Waals surface area contributed by atoms with Crippen molar-refractivity contribution >= 4 is 51.0 Å². The first-order valence-electron chi connectivity index (χ1n) is 9.89. The lowest BCUT2D eigenvalue weighted by Gasteiger charge is -2.37. The van der Waals surface area contributed by atoms with Gasteiger partial charge in [-0.2, -0.15) is 0 Å². The minimum absolute atomic E-state index is 0.225. The van der Waals surface area contributed by atoms with Crippen molar-refractivity contribution in [2.45, 2.75) is 19.4 Å². The van der Waals surface area contributed by atoms with E-state index in [9.17, 15) is 14.7 Å². The molecule has 8 nitrogen and oxygen atoms in total. The van der Waals surface area contributed by atoms with Crippen molar-refractivity contribution in [2.75, 3.05) is 31.1 Å². The number of carboxylic acid groups (broad SMARTS) is 1. The summed E-state index contributed by atoms with van der Waals surface area (Å²) >= 11 is 7.58. The number of benzene rings is 1. The summed E-state index contributed by atoms with van der Waals surface area (Å²) in [6, 6.07) is 8.25. The fourth-order valence-corrected chi connectivity index (χ4v) is 4.86. The highest BCUT2D eigenvalue weighted by Crippen LogP contribution is 2.31. The number of aryl methyl sites for hydroxylation is 1. The maximum atomic E-state index is 13.1. The van der Waals surface area contributed by atoms with Gasteiger partial charge in [-0.15, -0.1) is 11.3 Å². The summed E-state index contributed by atoms with van der Waals surface area (Å²) in [4.78, 5) is 38.2. The zero-order valence-corrected chi connectivity index (χ0v) is 18.5. The van der Waals surface area contributed by atoms with Crippen LogP contribution in [0.5, 0.6) is 0 Å². The Labute approximate surface area is 188 Å². The average molecular weight is 460 g/mol. The number of fused-ring (bicyclic) bond motifs is 1. The topological polar surface area (TPSA) is 98.7 Å². The fourth-order valence-electron chi connectivity index (χ4n) is 3.75. The van der Waals surface area contributed by atoms with Crippen molar-refractivity contribution in [3.05, 3.63) is 52.1 Å². The zero-order valence-electron chi connectivity index (χ0n) is 16.9. The van der Waals surface area contributed by atoms with Crippen molar-refractivity contribution < 1.29 is 14.7 Å². The summed E-state index contributed by atoms with van der Waals surface area (Å²) in [6.07, 6.45) is 0.617. The van der Waals surface area contributed by atoms with Crippen LogP contribution in [0.4, 0.5) is 10.6 Å². The Morgan fingerprint density at radius 3 is 2.58 bits per heavy atom. The highest BCUT2D eigenvalue weighted by Gasteiger charge is 2.29. The van der Waals surface area contributed by atoms with Gasteiger partial charge < -0.3 is 20.2 Å². The van der Waals surface area contributed by atoms with Crippen LogP contribution < -0.4 is 10.2 Å². The van der Waals surface area contributed by atoms with Gasteiger partial charge in [0.05, 0.1) is 10.2 Å². The predicted octanol–water partition coefficient (Wildman–Crippen LogP) is 3.18. The third-order valence-electron chi connectivity index (χ3n) is 5.26. The highest BCUT2D eigenvalue weighted by molar-refractivity contribution is 7.19. The molecule has 2 amide bonds. The first kappa shape index (κ1) is 21.3. The van der Waals surface area contributed by atoms with Crippen LogP contribution in [0, 0.1) is 6.92 Å². The lowest BCUT2D eigenvalue weighted by atomic mass is 10.0. The lowest BCUT2D eigenvalue weighted by Crippen LogP contribution is -2.55. The second-order valence-corrected chi connectivity index (χ2v) is 9.11. The van der Waals surface area contributed by atoms with Crippen molar-refractivity contribution in [1.29, 1.82) is 0 Å². The van der Waals surface area contributed by atoms with E-state index in [4.69, 9.17) is 11.6 Å². The maximum absolute atomic E-state index is 13.1. The molecule has 1 aromatic carbocycles. The molecule has 1 atom stereocenters. The molecule has 162 valence electrons. The van der Waals surface area contributed by atoms with E-state index in [2.05, 4.69) is 20.2 Å². The molecule has 10 heteroatoms. The molecule has 1 saturated heterocycles. The normalized spacial score (nSPS) is 15.2. The third kappa shape index (κ3) is 4.88. The van der Waals surface area contributed by atoms with E-state index < -0.39 is 12.1 Å². The molecule has 2 N–H and O–H groups in total. The molecule has 1 aliphatic heterocycles. The Hall–Kier alpha value is -2.91. The van der Waals surface area contributed by atoms with Crippen molar-refractivity contribution in [3.63, 3.8) is 0 Å². The van der Waals surface area contributed by atoms with E-state index in [1.54, 1.807) is 46.8 Å². The van der Waals surface area contributed by atoms with E-state index in [1.807, 2.05) is 13.0 Å². The number of nitrogens with one attached hydrogen (secondary N) is 1. The van der Waals surface area contributed by atoms with Crippen LogP contribution in [0.2, 0.25) is 5.02 Å². The van der Waals surface area contributed by atoms with Gasteiger partial charge >= 0.3 is 6.09 Å². The smallest absolute Gasteiger partial charge is 0.405 e. The number of hydrogen-bond donors (Lipinski definition) is 2. The number of anilines is 1. The van der Waals surface area contributed by atoms with Gasteiger partial charge in [0, 0.05) is 42.5 Å². The Bertz CT molecular complexity index is 1100. The number of thiophene rings is 1. The highest BCUT2D eigenvalue weighted by atomic mass is 35.5. The molecule has 0 aliphatic carbocycles. The van der Waals surface area contributed by atoms with Crippen LogP contribution in [-0.2, 0) is 11.2 Å². The lowest BCUT2D eigenvalue weighted by molar-refractivity contribution is -0.133. The van der Waals surface area contributed by atoms with Crippen molar-refractivity contribution in [3.8, 4) is 0 Å². The minimum Gasteiger partial charge on any atom is -0.465 e. The van der Waals surface area contributed by atoms with Crippen LogP contribution in [0.25, 0.3) is 10.2 Å². The quantitative estimate of drug-likeness (QED) is 0.608. The maximum Gasteiger partial charge on any atom is 0.405 e. The molecule has 0 spiro atoms.